The number of H-pyrrole nitrogens is 1. The lowest BCUT2D eigenvalue weighted by Gasteiger charge is -2.36. The van der Waals surface area contributed by atoms with Crippen molar-refractivity contribution >= 4 is 40.1 Å². The highest BCUT2D eigenvalue weighted by Gasteiger charge is 2.48. The second-order valence-electron chi connectivity index (χ2n) is 8.32. The van der Waals surface area contributed by atoms with Crippen LogP contribution in [0.4, 0.5) is 5.69 Å². The molecule has 3 aromatic rings. The van der Waals surface area contributed by atoms with Crippen LogP contribution >= 0.6 is 11.6 Å². The molecule has 0 bridgehead atoms. The van der Waals surface area contributed by atoms with Gasteiger partial charge in [-0.2, -0.15) is 0 Å². The van der Waals surface area contributed by atoms with Crippen LogP contribution in [-0.4, -0.2) is 34.4 Å². The molecule has 154 valence electrons. The van der Waals surface area contributed by atoms with Crippen LogP contribution in [0.5, 0.6) is 0 Å². The normalized spacial score (nSPS) is 24.0. The van der Waals surface area contributed by atoms with Gasteiger partial charge in [0.25, 0.3) is 5.91 Å². The number of nitrogens with one attached hydrogen (secondary N) is 2. The van der Waals surface area contributed by atoms with Gasteiger partial charge in [0.15, 0.2) is 0 Å². The van der Waals surface area contributed by atoms with Crippen molar-refractivity contribution in [2.45, 2.75) is 38.1 Å². The molecule has 2 fully saturated rings. The number of carbonyl (C=O) groups is 2. The SMILES string of the molecule is O=C(N[C@H]1CC[C@@]2(CCN(c3cccc(Cl)c3)C2=O)CC1)c1c[nH]c2cccnc12. The van der Waals surface area contributed by atoms with Crippen molar-refractivity contribution in [2.75, 3.05) is 11.4 Å². The topological polar surface area (TPSA) is 78.1 Å². The minimum absolute atomic E-state index is 0.0739. The zero-order valence-electron chi connectivity index (χ0n) is 16.5. The van der Waals surface area contributed by atoms with Crippen molar-refractivity contribution in [2.24, 2.45) is 5.41 Å². The second kappa shape index (κ2) is 7.43. The Bertz CT molecular complexity index is 1120. The minimum atomic E-state index is -0.314. The zero-order valence-corrected chi connectivity index (χ0v) is 17.3. The molecule has 2 aliphatic rings. The summed E-state index contributed by atoms with van der Waals surface area (Å²) < 4.78 is 0. The van der Waals surface area contributed by atoms with E-state index in [4.69, 9.17) is 11.6 Å². The molecule has 6 nitrogen and oxygen atoms in total. The highest BCUT2D eigenvalue weighted by atomic mass is 35.5. The number of rotatable bonds is 3. The van der Waals surface area contributed by atoms with E-state index in [1.165, 1.54) is 0 Å². The van der Waals surface area contributed by atoms with Gasteiger partial charge in [-0.3, -0.25) is 14.6 Å². The van der Waals surface area contributed by atoms with Gasteiger partial charge in [0.1, 0.15) is 5.52 Å². The number of aromatic nitrogens is 2. The predicted octanol–water partition coefficient (Wildman–Crippen LogP) is 4.31. The molecule has 2 N–H and O–H groups in total. The summed E-state index contributed by atoms with van der Waals surface area (Å²) in [4.78, 5) is 35.3. The molecule has 30 heavy (non-hydrogen) atoms. The van der Waals surface area contributed by atoms with Crippen molar-refractivity contribution in [1.29, 1.82) is 0 Å². The van der Waals surface area contributed by atoms with E-state index < -0.39 is 0 Å². The van der Waals surface area contributed by atoms with Crippen LogP contribution in [0.2, 0.25) is 5.02 Å². The van der Waals surface area contributed by atoms with Crippen molar-refractivity contribution < 1.29 is 9.59 Å². The summed E-state index contributed by atoms with van der Waals surface area (Å²) in [5.74, 6) is 0.0783. The number of halogens is 1. The molecule has 2 amide bonds. The highest BCUT2D eigenvalue weighted by molar-refractivity contribution is 6.31. The van der Waals surface area contributed by atoms with Gasteiger partial charge in [0, 0.05) is 35.7 Å². The van der Waals surface area contributed by atoms with E-state index >= 15 is 0 Å². The van der Waals surface area contributed by atoms with Gasteiger partial charge in [-0.15, -0.1) is 0 Å². The fraction of sp³-hybridized carbons (Fsp3) is 0.348. The van der Waals surface area contributed by atoms with Crippen LogP contribution < -0.4 is 10.2 Å². The van der Waals surface area contributed by atoms with Crippen molar-refractivity contribution in [1.82, 2.24) is 15.3 Å². The lowest BCUT2D eigenvalue weighted by Crippen LogP contribution is -2.43. The zero-order chi connectivity index (χ0) is 20.7. The molecule has 0 unspecified atom stereocenters. The predicted molar refractivity (Wildman–Crippen MR) is 117 cm³/mol. The first-order chi connectivity index (χ1) is 14.6. The summed E-state index contributed by atoms with van der Waals surface area (Å²) in [6, 6.07) is 11.3. The smallest absolute Gasteiger partial charge is 0.255 e. The van der Waals surface area contributed by atoms with Gasteiger partial charge in [0.2, 0.25) is 5.91 Å². The van der Waals surface area contributed by atoms with E-state index in [-0.39, 0.29) is 23.3 Å². The van der Waals surface area contributed by atoms with E-state index in [0.717, 1.165) is 49.9 Å². The van der Waals surface area contributed by atoms with Gasteiger partial charge in [-0.05, 0) is 62.4 Å². The number of aromatic amines is 1. The van der Waals surface area contributed by atoms with Crippen molar-refractivity contribution in [3.63, 3.8) is 0 Å². The largest absolute Gasteiger partial charge is 0.359 e. The molecule has 0 radical (unpaired) electrons. The summed E-state index contributed by atoms with van der Waals surface area (Å²) in [7, 11) is 0. The van der Waals surface area contributed by atoms with Crippen LogP contribution in [0, 0.1) is 5.41 Å². The first kappa shape index (κ1) is 19.1. The number of benzene rings is 1. The summed E-state index contributed by atoms with van der Waals surface area (Å²) in [5.41, 5.74) is 2.65. The summed E-state index contributed by atoms with van der Waals surface area (Å²) in [6.07, 6.45) is 7.44. The third kappa shape index (κ3) is 3.25. The molecule has 0 atom stereocenters. The van der Waals surface area contributed by atoms with E-state index in [2.05, 4.69) is 15.3 Å². The van der Waals surface area contributed by atoms with Gasteiger partial charge < -0.3 is 15.2 Å². The molecule has 1 saturated carbocycles. The Balaban J connectivity index is 1.24. The first-order valence-electron chi connectivity index (χ1n) is 10.4. The molecule has 1 spiro atoms. The van der Waals surface area contributed by atoms with E-state index in [0.29, 0.717) is 16.1 Å². The van der Waals surface area contributed by atoms with Gasteiger partial charge >= 0.3 is 0 Å². The number of hydrogen-bond donors (Lipinski definition) is 2. The van der Waals surface area contributed by atoms with E-state index in [1.54, 1.807) is 12.4 Å². The number of fused-ring (bicyclic) bond motifs is 1. The molecular weight excluding hydrogens is 400 g/mol. The van der Waals surface area contributed by atoms with Gasteiger partial charge in [-0.1, -0.05) is 17.7 Å². The van der Waals surface area contributed by atoms with Crippen LogP contribution in [0.15, 0.2) is 48.8 Å². The molecule has 5 rings (SSSR count). The summed E-state index contributed by atoms with van der Waals surface area (Å²) in [5, 5.41) is 3.78. The molecule has 1 aliphatic carbocycles. The molecule has 2 aromatic heterocycles. The Morgan fingerprint density at radius 3 is 2.83 bits per heavy atom. The fourth-order valence-electron chi connectivity index (χ4n) is 4.88. The molecule has 1 aliphatic heterocycles. The minimum Gasteiger partial charge on any atom is -0.359 e. The summed E-state index contributed by atoms with van der Waals surface area (Å²) >= 11 is 6.11. The second-order valence-corrected chi connectivity index (χ2v) is 8.75. The third-order valence-electron chi connectivity index (χ3n) is 6.59. The standard InChI is InChI=1S/C23H23ClN4O2/c24-15-3-1-4-17(13-15)28-12-10-23(22(28)30)8-6-16(7-9-23)27-21(29)18-14-26-19-5-2-11-25-20(18)19/h1-5,11,13-14,16,26H,6-10,12H2,(H,27,29)/t16-,23-. The average molecular weight is 423 g/mol. The molecule has 3 heterocycles. The Kier molecular flexibility index (Phi) is 4.74. The van der Waals surface area contributed by atoms with E-state index in [1.807, 2.05) is 41.3 Å². The monoisotopic (exact) mass is 422 g/mol. The van der Waals surface area contributed by atoms with Crippen LogP contribution in [0.25, 0.3) is 11.0 Å². The van der Waals surface area contributed by atoms with Crippen LogP contribution in [0.1, 0.15) is 42.5 Å². The maximum absolute atomic E-state index is 13.2. The van der Waals surface area contributed by atoms with Crippen molar-refractivity contribution in [3.8, 4) is 0 Å². The first-order valence-corrected chi connectivity index (χ1v) is 10.7. The Labute approximate surface area is 179 Å². The summed E-state index contributed by atoms with van der Waals surface area (Å²) in [6.45, 7) is 0.719. The van der Waals surface area contributed by atoms with Gasteiger partial charge in [-0.25, -0.2) is 0 Å². The van der Waals surface area contributed by atoms with Crippen LogP contribution in [-0.2, 0) is 4.79 Å². The lowest BCUT2D eigenvalue weighted by molar-refractivity contribution is -0.127. The lowest BCUT2D eigenvalue weighted by atomic mass is 9.71. The number of hydrogen-bond acceptors (Lipinski definition) is 3. The highest BCUT2D eigenvalue weighted by Crippen LogP contribution is 2.46. The maximum Gasteiger partial charge on any atom is 0.255 e. The molecule has 1 saturated heterocycles. The van der Waals surface area contributed by atoms with E-state index in [9.17, 15) is 9.59 Å². The Morgan fingerprint density at radius 2 is 2.03 bits per heavy atom. The maximum atomic E-state index is 13.2. The molecule has 7 heteroatoms. The third-order valence-corrected chi connectivity index (χ3v) is 6.83. The number of anilines is 1. The quantitative estimate of drug-likeness (QED) is 0.660. The fourth-order valence-corrected chi connectivity index (χ4v) is 5.06. The average Bonchev–Trinajstić information content (AvgIpc) is 3.32. The Morgan fingerprint density at radius 1 is 1.20 bits per heavy atom. The van der Waals surface area contributed by atoms with Crippen molar-refractivity contribution in [3.05, 3.63) is 59.4 Å². The molecular formula is C23H23ClN4O2. The molecule has 1 aromatic carbocycles. The number of carbonyl (C=O) groups excluding carboxylic acids is 2. The Hall–Kier alpha value is -2.86. The number of pyridine rings is 1. The van der Waals surface area contributed by atoms with Gasteiger partial charge in [0.05, 0.1) is 16.5 Å². The number of amides is 2. The van der Waals surface area contributed by atoms with Crippen LogP contribution in [0.3, 0.4) is 0 Å². The number of nitrogens with zero attached hydrogens (tertiary/aromatic N) is 2.